The van der Waals surface area contributed by atoms with Gasteiger partial charge in [0.2, 0.25) is 0 Å². The summed E-state index contributed by atoms with van der Waals surface area (Å²) in [6.07, 6.45) is 3.61. The Labute approximate surface area is 68.2 Å². The zero-order chi connectivity index (χ0) is 7.90. The second-order valence-corrected chi connectivity index (χ2v) is 4.09. The van der Waals surface area contributed by atoms with Crippen molar-refractivity contribution in [2.45, 2.75) is 31.8 Å². The van der Waals surface area contributed by atoms with Gasteiger partial charge in [-0.1, -0.05) is 13.3 Å². The lowest BCUT2D eigenvalue weighted by molar-refractivity contribution is 0.128. The molecule has 1 saturated carbocycles. The number of rotatable bonds is 3. The van der Waals surface area contributed by atoms with Gasteiger partial charge in [0.25, 0.3) is 0 Å². The van der Waals surface area contributed by atoms with Crippen LogP contribution < -0.4 is 0 Å². The van der Waals surface area contributed by atoms with Crippen LogP contribution in [-0.4, -0.2) is 35.2 Å². The molecular formula is C9H17NO. The first kappa shape index (κ1) is 7.56. The van der Waals surface area contributed by atoms with Crippen LogP contribution in [-0.2, 0) is 0 Å². The lowest BCUT2D eigenvalue weighted by Crippen LogP contribution is -2.28. The van der Waals surface area contributed by atoms with Gasteiger partial charge in [0, 0.05) is 19.0 Å². The van der Waals surface area contributed by atoms with E-state index in [-0.39, 0.29) is 5.60 Å². The van der Waals surface area contributed by atoms with Crippen molar-refractivity contribution in [1.82, 2.24) is 4.90 Å². The minimum atomic E-state index is -0.242. The fourth-order valence-electron chi connectivity index (χ4n) is 2.11. The molecule has 1 heterocycles. The summed E-state index contributed by atoms with van der Waals surface area (Å²) in [4.78, 5) is 2.40. The minimum Gasteiger partial charge on any atom is -0.388 e. The molecule has 0 bridgehead atoms. The molecule has 1 N–H and O–H groups in total. The molecular weight excluding hydrogens is 138 g/mol. The Balaban J connectivity index is 1.75. The molecule has 1 aliphatic carbocycles. The summed E-state index contributed by atoms with van der Waals surface area (Å²) < 4.78 is 0. The minimum absolute atomic E-state index is 0.242. The largest absolute Gasteiger partial charge is 0.388 e. The third-order valence-corrected chi connectivity index (χ3v) is 3.00. The van der Waals surface area contributed by atoms with Crippen molar-refractivity contribution in [1.29, 1.82) is 0 Å². The number of nitrogens with zero attached hydrogens (tertiary/aromatic N) is 1. The van der Waals surface area contributed by atoms with Crippen molar-refractivity contribution in [3.63, 3.8) is 0 Å². The van der Waals surface area contributed by atoms with Crippen molar-refractivity contribution in [3.8, 4) is 0 Å². The predicted octanol–water partition coefficient (Wildman–Crippen LogP) is 0.853. The highest BCUT2D eigenvalue weighted by atomic mass is 16.3. The van der Waals surface area contributed by atoms with Gasteiger partial charge in [0.1, 0.15) is 0 Å². The van der Waals surface area contributed by atoms with Crippen LogP contribution in [0.3, 0.4) is 0 Å². The predicted molar refractivity (Wildman–Crippen MR) is 44.4 cm³/mol. The lowest BCUT2D eigenvalue weighted by atomic mass is 10.3. The quantitative estimate of drug-likeness (QED) is 0.653. The summed E-state index contributed by atoms with van der Waals surface area (Å²) in [5.41, 5.74) is -0.242. The topological polar surface area (TPSA) is 23.5 Å². The second-order valence-electron chi connectivity index (χ2n) is 4.09. The Morgan fingerprint density at radius 1 is 1.64 bits per heavy atom. The fourth-order valence-corrected chi connectivity index (χ4v) is 2.11. The highest BCUT2D eigenvalue weighted by molar-refractivity contribution is 5.11. The third-order valence-electron chi connectivity index (χ3n) is 3.00. The van der Waals surface area contributed by atoms with E-state index in [4.69, 9.17) is 0 Å². The lowest BCUT2D eigenvalue weighted by Gasteiger charge is -2.17. The highest BCUT2D eigenvalue weighted by Crippen LogP contribution is 2.49. The molecule has 0 aromatic carbocycles. The number of likely N-dealkylation sites (tertiary alicyclic amines) is 1. The molecule has 0 aromatic heterocycles. The first-order chi connectivity index (χ1) is 5.24. The summed E-state index contributed by atoms with van der Waals surface area (Å²) in [6, 6.07) is 0. The van der Waals surface area contributed by atoms with Crippen LogP contribution >= 0.6 is 0 Å². The number of aliphatic hydroxyl groups is 1. The Kier molecular flexibility index (Phi) is 1.69. The number of unbranched alkanes of at least 4 members (excludes halogenated alkanes) is 1. The number of piperidine rings is 1. The molecule has 64 valence electrons. The molecule has 2 rings (SSSR count). The zero-order valence-corrected chi connectivity index (χ0v) is 7.21. The summed E-state index contributed by atoms with van der Waals surface area (Å²) in [6.45, 7) is 5.50. The number of hydrogen-bond donors (Lipinski definition) is 1. The van der Waals surface area contributed by atoms with E-state index in [0.29, 0.717) is 5.92 Å². The molecule has 0 amide bonds. The Hall–Kier alpha value is -0.0800. The van der Waals surface area contributed by atoms with Gasteiger partial charge in [-0.3, -0.25) is 0 Å². The van der Waals surface area contributed by atoms with Gasteiger partial charge in [0.05, 0.1) is 5.60 Å². The van der Waals surface area contributed by atoms with Crippen LogP contribution in [0.5, 0.6) is 0 Å². The van der Waals surface area contributed by atoms with Crippen molar-refractivity contribution in [2.24, 2.45) is 5.92 Å². The standard InChI is InChI=1S/C9H17NO/c1-2-3-4-10-6-8-5-9(8,11)7-10/h8,11H,2-7H2,1H3. The van der Waals surface area contributed by atoms with Gasteiger partial charge in [-0.2, -0.15) is 0 Å². The van der Waals surface area contributed by atoms with Gasteiger partial charge in [0.15, 0.2) is 0 Å². The van der Waals surface area contributed by atoms with Gasteiger partial charge >= 0.3 is 0 Å². The van der Waals surface area contributed by atoms with E-state index in [9.17, 15) is 5.11 Å². The molecule has 2 atom stereocenters. The first-order valence-electron chi connectivity index (χ1n) is 4.69. The van der Waals surface area contributed by atoms with E-state index < -0.39 is 0 Å². The van der Waals surface area contributed by atoms with Crippen LogP contribution in [0.25, 0.3) is 0 Å². The van der Waals surface area contributed by atoms with Crippen molar-refractivity contribution in [2.75, 3.05) is 19.6 Å². The maximum atomic E-state index is 9.70. The molecule has 0 aromatic rings. The van der Waals surface area contributed by atoms with Crippen LogP contribution in [0.4, 0.5) is 0 Å². The fraction of sp³-hybridized carbons (Fsp3) is 1.00. The van der Waals surface area contributed by atoms with Gasteiger partial charge in [-0.25, -0.2) is 0 Å². The molecule has 2 heteroatoms. The van der Waals surface area contributed by atoms with Crippen molar-refractivity contribution in [3.05, 3.63) is 0 Å². The highest BCUT2D eigenvalue weighted by Gasteiger charge is 2.58. The normalized spacial score (nSPS) is 42.5. The van der Waals surface area contributed by atoms with E-state index in [0.717, 1.165) is 19.5 Å². The van der Waals surface area contributed by atoms with Crippen LogP contribution in [0.2, 0.25) is 0 Å². The van der Waals surface area contributed by atoms with Crippen LogP contribution in [0.15, 0.2) is 0 Å². The average molecular weight is 155 g/mol. The van der Waals surface area contributed by atoms with E-state index >= 15 is 0 Å². The van der Waals surface area contributed by atoms with Crippen LogP contribution in [0.1, 0.15) is 26.2 Å². The molecule has 2 aliphatic rings. The summed E-state index contributed by atoms with van der Waals surface area (Å²) in [5, 5.41) is 9.70. The molecule has 11 heavy (non-hydrogen) atoms. The SMILES string of the molecule is CCCCN1CC2CC2(O)C1. The third kappa shape index (κ3) is 1.30. The number of β-amino-alcohol motifs (C(OH)–C–C–N with tert-alkyl or cyclic N) is 1. The second kappa shape index (κ2) is 2.46. The zero-order valence-electron chi connectivity index (χ0n) is 7.21. The number of hydrogen-bond acceptors (Lipinski definition) is 2. The van der Waals surface area contributed by atoms with Crippen LogP contribution in [0, 0.1) is 5.92 Å². The molecule has 1 aliphatic heterocycles. The van der Waals surface area contributed by atoms with Crippen molar-refractivity contribution < 1.29 is 5.11 Å². The average Bonchev–Trinajstić information content (AvgIpc) is 2.47. The molecule has 2 unspecified atom stereocenters. The summed E-state index contributed by atoms with van der Waals surface area (Å²) in [5.74, 6) is 0.624. The molecule has 1 saturated heterocycles. The maximum Gasteiger partial charge on any atom is 0.0819 e. The van der Waals surface area contributed by atoms with Gasteiger partial charge < -0.3 is 10.0 Å². The monoisotopic (exact) mass is 155 g/mol. The van der Waals surface area contributed by atoms with Crippen molar-refractivity contribution >= 4 is 0 Å². The maximum absolute atomic E-state index is 9.70. The first-order valence-corrected chi connectivity index (χ1v) is 4.69. The Morgan fingerprint density at radius 2 is 2.45 bits per heavy atom. The summed E-state index contributed by atoms with van der Waals surface area (Å²) in [7, 11) is 0. The van der Waals surface area contributed by atoms with E-state index in [1.54, 1.807) is 0 Å². The molecule has 2 nitrogen and oxygen atoms in total. The van der Waals surface area contributed by atoms with E-state index in [1.165, 1.54) is 19.4 Å². The van der Waals surface area contributed by atoms with Gasteiger partial charge in [-0.15, -0.1) is 0 Å². The summed E-state index contributed by atoms with van der Waals surface area (Å²) >= 11 is 0. The van der Waals surface area contributed by atoms with E-state index in [2.05, 4.69) is 11.8 Å². The Bertz CT molecular complexity index is 160. The Morgan fingerprint density at radius 3 is 3.00 bits per heavy atom. The smallest absolute Gasteiger partial charge is 0.0819 e. The number of fused-ring (bicyclic) bond motifs is 1. The molecule has 0 spiro atoms. The molecule has 2 fully saturated rings. The van der Waals surface area contributed by atoms with Gasteiger partial charge in [-0.05, 0) is 19.4 Å². The van der Waals surface area contributed by atoms with E-state index in [1.807, 2.05) is 0 Å². The molecule has 0 radical (unpaired) electrons.